The smallest absolute Gasteiger partial charge is 0.248 e. The van der Waals surface area contributed by atoms with Crippen LogP contribution in [0.15, 0.2) is 18.2 Å². The number of primary amides is 1. The van der Waals surface area contributed by atoms with E-state index in [-0.39, 0.29) is 17.9 Å². The van der Waals surface area contributed by atoms with Gasteiger partial charge in [-0.25, -0.2) is 4.39 Å². The van der Waals surface area contributed by atoms with Gasteiger partial charge < -0.3 is 21.1 Å². The van der Waals surface area contributed by atoms with Gasteiger partial charge in [0, 0.05) is 12.1 Å². The molecule has 1 aliphatic heterocycles. The van der Waals surface area contributed by atoms with Crippen LogP contribution in [-0.4, -0.2) is 37.6 Å². The monoisotopic (exact) mass is 267 g/mol. The fraction of sp³-hybridized carbons (Fsp3) is 0.333. The molecule has 19 heavy (non-hydrogen) atoms. The van der Waals surface area contributed by atoms with Crippen LogP contribution in [-0.2, 0) is 9.53 Å². The number of hydrogen-bond acceptors (Lipinski definition) is 4. The van der Waals surface area contributed by atoms with Gasteiger partial charge in [-0.15, -0.1) is 0 Å². The molecule has 2 rings (SSSR count). The second-order valence-electron chi connectivity index (χ2n) is 4.13. The average Bonchev–Trinajstić information content (AvgIpc) is 2.42. The highest BCUT2D eigenvalue weighted by molar-refractivity contribution is 5.98. The molecular formula is C12H14FN3O3. The van der Waals surface area contributed by atoms with E-state index in [9.17, 15) is 14.0 Å². The SMILES string of the molecule is NC(=O)c1ccc(F)c(NC(=O)C2COCCN2)c1. The number of nitrogens with one attached hydrogen (secondary N) is 2. The van der Waals surface area contributed by atoms with E-state index < -0.39 is 23.7 Å². The number of hydrogen-bond donors (Lipinski definition) is 3. The normalized spacial score (nSPS) is 18.9. The van der Waals surface area contributed by atoms with Gasteiger partial charge in [-0.1, -0.05) is 0 Å². The van der Waals surface area contributed by atoms with Crippen LogP contribution in [0.2, 0.25) is 0 Å². The minimum atomic E-state index is -0.686. The lowest BCUT2D eigenvalue weighted by atomic mass is 10.1. The second kappa shape index (κ2) is 5.77. The molecule has 1 unspecified atom stereocenters. The van der Waals surface area contributed by atoms with Gasteiger partial charge in [0.15, 0.2) is 0 Å². The second-order valence-corrected chi connectivity index (χ2v) is 4.13. The Bertz CT molecular complexity index is 501. The van der Waals surface area contributed by atoms with Crippen LogP contribution in [0.1, 0.15) is 10.4 Å². The van der Waals surface area contributed by atoms with Crippen molar-refractivity contribution < 1.29 is 18.7 Å². The molecule has 7 heteroatoms. The number of rotatable bonds is 3. The number of amides is 2. The van der Waals surface area contributed by atoms with Crippen LogP contribution < -0.4 is 16.4 Å². The molecule has 1 aromatic carbocycles. The van der Waals surface area contributed by atoms with Crippen molar-refractivity contribution in [2.45, 2.75) is 6.04 Å². The number of ether oxygens (including phenoxy) is 1. The molecular weight excluding hydrogens is 253 g/mol. The van der Waals surface area contributed by atoms with E-state index in [4.69, 9.17) is 10.5 Å². The Morgan fingerprint density at radius 2 is 2.26 bits per heavy atom. The minimum absolute atomic E-state index is 0.0753. The fourth-order valence-corrected chi connectivity index (χ4v) is 1.73. The lowest BCUT2D eigenvalue weighted by molar-refractivity contribution is -0.120. The van der Waals surface area contributed by atoms with Gasteiger partial charge in [0.25, 0.3) is 0 Å². The summed E-state index contributed by atoms with van der Waals surface area (Å²) in [7, 11) is 0. The Balaban J connectivity index is 2.11. The number of nitrogens with two attached hydrogens (primary N) is 1. The quantitative estimate of drug-likeness (QED) is 0.710. The summed E-state index contributed by atoms with van der Waals surface area (Å²) in [6.45, 7) is 1.32. The Kier molecular flexibility index (Phi) is 4.08. The first kappa shape index (κ1) is 13.4. The Hall–Kier alpha value is -1.99. The van der Waals surface area contributed by atoms with E-state index in [2.05, 4.69) is 10.6 Å². The van der Waals surface area contributed by atoms with E-state index >= 15 is 0 Å². The molecule has 0 radical (unpaired) electrons. The molecule has 1 aromatic rings. The third kappa shape index (κ3) is 3.27. The van der Waals surface area contributed by atoms with Crippen LogP contribution in [0.3, 0.4) is 0 Å². The number of morpholine rings is 1. The third-order valence-electron chi connectivity index (χ3n) is 2.75. The molecule has 0 saturated carbocycles. The van der Waals surface area contributed by atoms with Gasteiger partial charge in [0.05, 0.1) is 18.9 Å². The molecule has 1 fully saturated rings. The van der Waals surface area contributed by atoms with Crippen molar-refractivity contribution in [2.24, 2.45) is 5.73 Å². The molecule has 0 spiro atoms. The highest BCUT2D eigenvalue weighted by Crippen LogP contribution is 2.16. The molecule has 1 atom stereocenters. The van der Waals surface area contributed by atoms with Gasteiger partial charge in [-0.2, -0.15) is 0 Å². The Morgan fingerprint density at radius 1 is 1.47 bits per heavy atom. The lowest BCUT2D eigenvalue weighted by Crippen LogP contribution is -2.48. The summed E-state index contributed by atoms with van der Waals surface area (Å²) < 4.78 is 18.7. The van der Waals surface area contributed by atoms with Crippen molar-refractivity contribution >= 4 is 17.5 Å². The molecule has 1 aliphatic rings. The van der Waals surface area contributed by atoms with Crippen LogP contribution in [0.4, 0.5) is 10.1 Å². The van der Waals surface area contributed by atoms with Crippen LogP contribution in [0.5, 0.6) is 0 Å². The van der Waals surface area contributed by atoms with Crippen molar-refractivity contribution in [3.05, 3.63) is 29.6 Å². The number of anilines is 1. The van der Waals surface area contributed by atoms with E-state index in [0.717, 1.165) is 6.07 Å². The minimum Gasteiger partial charge on any atom is -0.378 e. The first-order valence-corrected chi connectivity index (χ1v) is 5.79. The van der Waals surface area contributed by atoms with Gasteiger partial charge in [-0.3, -0.25) is 9.59 Å². The number of carbonyl (C=O) groups is 2. The Labute approximate surface area is 109 Å². The Morgan fingerprint density at radius 3 is 2.89 bits per heavy atom. The van der Waals surface area contributed by atoms with Crippen molar-refractivity contribution in [3.8, 4) is 0 Å². The van der Waals surface area contributed by atoms with E-state index in [1.165, 1.54) is 12.1 Å². The van der Waals surface area contributed by atoms with E-state index in [0.29, 0.717) is 13.2 Å². The van der Waals surface area contributed by atoms with Crippen molar-refractivity contribution in [1.29, 1.82) is 0 Å². The van der Waals surface area contributed by atoms with Gasteiger partial charge in [0.2, 0.25) is 11.8 Å². The summed E-state index contributed by atoms with van der Waals surface area (Å²) in [4.78, 5) is 22.9. The zero-order chi connectivity index (χ0) is 13.8. The fourth-order valence-electron chi connectivity index (χ4n) is 1.73. The first-order chi connectivity index (χ1) is 9.08. The largest absolute Gasteiger partial charge is 0.378 e. The molecule has 6 nitrogen and oxygen atoms in total. The summed E-state index contributed by atoms with van der Waals surface area (Å²) in [5, 5.41) is 5.36. The first-order valence-electron chi connectivity index (χ1n) is 5.79. The van der Waals surface area contributed by atoms with Crippen LogP contribution in [0.25, 0.3) is 0 Å². The zero-order valence-electron chi connectivity index (χ0n) is 10.1. The maximum Gasteiger partial charge on any atom is 0.248 e. The van der Waals surface area contributed by atoms with Crippen LogP contribution >= 0.6 is 0 Å². The predicted molar refractivity (Wildman–Crippen MR) is 66.2 cm³/mol. The summed E-state index contributed by atoms with van der Waals surface area (Å²) >= 11 is 0. The summed E-state index contributed by atoms with van der Waals surface area (Å²) in [5.41, 5.74) is 5.15. The maximum absolute atomic E-state index is 13.5. The number of carbonyl (C=O) groups excluding carboxylic acids is 2. The van der Waals surface area contributed by atoms with Gasteiger partial charge in [-0.05, 0) is 18.2 Å². The zero-order valence-corrected chi connectivity index (χ0v) is 10.1. The lowest BCUT2D eigenvalue weighted by Gasteiger charge is -2.23. The van der Waals surface area contributed by atoms with Crippen molar-refractivity contribution in [3.63, 3.8) is 0 Å². The maximum atomic E-state index is 13.5. The third-order valence-corrected chi connectivity index (χ3v) is 2.75. The van der Waals surface area contributed by atoms with E-state index in [1.807, 2.05) is 0 Å². The molecule has 1 heterocycles. The highest BCUT2D eigenvalue weighted by Gasteiger charge is 2.22. The summed E-state index contributed by atoms with van der Waals surface area (Å²) in [6, 6.07) is 3.01. The topological polar surface area (TPSA) is 93.5 Å². The number of halogens is 1. The van der Waals surface area contributed by atoms with Crippen molar-refractivity contribution in [2.75, 3.05) is 25.1 Å². The van der Waals surface area contributed by atoms with E-state index in [1.54, 1.807) is 0 Å². The van der Waals surface area contributed by atoms with Crippen molar-refractivity contribution in [1.82, 2.24) is 5.32 Å². The molecule has 2 amide bonds. The van der Waals surface area contributed by atoms with Gasteiger partial charge in [0.1, 0.15) is 11.9 Å². The molecule has 0 aromatic heterocycles. The summed E-state index contributed by atoms with van der Waals surface area (Å²) in [6.07, 6.45) is 0. The predicted octanol–water partition coefficient (Wildman–Crippen LogP) is -0.149. The standard InChI is InChI=1S/C12H14FN3O3/c13-8-2-1-7(11(14)17)5-9(8)16-12(18)10-6-19-4-3-15-10/h1-2,5,10,15H,3-4,6H2,(H2,14,17)(H,16,18). The highest BCUT2D eigenvalue weighted by atomic mass is 19.1. The molecule has 0 bridgehead atoms. The molecule has 102 valence electrons. The molecule has 0 aliphatic carbocycles. The molecule has 4 N–H and O–H groups in total. The molecule has 1 saturated heterocycles. The average molecular weight is 267 g/mol. The van der Waals surface area contributed by atoms with Gasteiger partial charge >= 0.3 is 0 Å². The summed E-state index contributed by atoms with van der Waals surface area (Å²) in [5.74, 6) is -1.73. The van der Waals surface area contributed by atoms with Crippen LogP contribution in [0, 0.1) is 5.82 Å². The number of benzene rings is 1.